The van der Waals surface area contributed by atoms with Gasteiger partial charge in [-0.3, -0.25) is 9.69 Å². The standard InChI is InChI=1S/C31H39N5O3/c1-2-31(26-9-4-3-5-10-26,17-8-18-35-19-21-39-22-20-35)36(30(33)38)23-24-13-15-25(16-14-24)29(37)34-28-12-7-6-11-27(28)32/h3-7,9-16H,2,8,17-23,32H2,1H3,(H2,33,38)(H,34,37). The second-order valence-electron chi connectivity index (χ2n) is 9.97. The molecule has 39 heavy (non-hydrogen) atoms. The van der Waals surface area contributed by atoms with E-state index in [9.17, 15) is 9.59 Å². The van der Waals surface area contributed by atoms with E-state index < -0.39 is 11.6 Å². The van der Waals surface area contributed by atoms with Crippen LogP contribution in [0.1, 0.15) is 47.7 Å². The van der Waals surface area contributed by atoms with Crippen molar-refractivity contribution in [3.8, 4) is 0 Å². The number of nitrogen functional groups attached to an aromatic ring is 1. The molecule has 8 nitrogen and oxygen atoms in total. The molecular weight excluding hydrogens is 490 g/mol. The summed E-state index contributed by atoms with van der Waals surface area (Å²) in [6.07, 6.45) is 2.43. The molecule has 8 heteroatoms. The van der Waals surface area contributed by atoms with Crippen LogP contribution in [0.3, 0.4) is 0 Å². The number of anilines is 2. The van der Waals surface area contributed by atoms with Crippen molar-refractivity contribution in [1.82, 2.24) is 9.80 Å². The highest BCUT2D eigenvalue weighted by Crippen LogP contribution is 2.38. The Morgan fingerprint density at radius 2 is 1.64 bits per heavy atom. The lowest BCUT2D eigenvalue weighted by Gasteiger charge is -2.44. The molecule has 0 radical (unpaired) electrons. The van der Waals surface area contributed by atoms with Crippen molar-refractivity contribution in [3.63, 3.8) is 0 Å². The molecule has 0 bridgehead atoms. The first-order chi connectivity index (χ1) is 18.9. The van der Waals surface area contributed by atoms with Gasteiger partial charge in [0.05, 0.1) is 30.1 Å². The highest BCUT2D eigenvalue weighted by Gasteiger charge is 2.39. The Hall–Kier alpha value is -3.88. The number of urea groups is 1. The number of morpholine rings is 1. The number of carbonyl (C=O) groups is 2. The molecular formula is C31H39N5O3. The van der Waals surface area contributed by atoms with Crippen molar-refractivity contribution >= 4 is 23.3 Å². The van der Waals surface area contributed by atoms with Gasteiger partial charge in [-0.2, -0.15) is 0 Å². The Morgan fingerprint density at radius 3 is 2.28 bits per heavy atom. The molecule has 3 aromatic rings. The van der Waals surface area contributed by atoms with Crippen LogP contribution in [0.15, 0.2) is 78.9 Å². The highest BCUT2D eigenvalue weighted by molar-refractivity contribution is 6.05. The Balaban J connectivity index is 1.53. The average Bonchev–Trinajstić information content (AvgIpc) is 2.97. The Bertz CT molecular complexity index is 1230. The van der Waals surface area contributed by atoms with Crippen LogP contribution in [0.25, 0.3) is 0 Å². The molecule has 1 aliphatic rings. The van der Waals surface area contributed by atoms with Crippen LogP contribution in [-0.4, -0.2) is 54.6 Å². The fourth-order valence-electron chi connectivity index (χ4n) is 5.36. The number of hydrogen-bond acceptors (Lipinski definition) is 5. The SMILES string of the molecule is CCC(CCCN1CCOCC1)(c1ccccc1)N(Cc1ccc(C(=O)Nc2ccccc2N)cc1)C(N)=O. The maximum absolute atomic E-state index is 13.0. The molecule has 3 aromatic carbocycles. The van der Waals surface area contributed by atoms with Gasteiger partial charge in [-0.15, -0.1) is 0 Å². The number of benzene rings is 3. The van der Waals surface area contributed by atoms with Gasteiger partial charge < -0.3 is 26.4 Å². The third-order valence-electron chi connectivity index (χ3n) is 7.61. The molecule has 0 spiro atoms. The fraction of sp³-hybridized carbons (Fsp3) is 0.355. The van der Waals surface area contributed by atoms with Crippen molar-refractivity contribution < 1.29 is 14.3 Å². The molecule has 1 heterocycles. The molecule has 1 fully saturated rings. The number of para-hydroxylation sites is 2. The molecule has 0 aromatic heterocycles. The fourth-order valence-corrected chi connectivity index (χ4v) is 5.36. The topological polar surface area (TPSA) is 114 Å². The quantitative estimate of drug-likeness (QED) is 0.308. The predicted octanol–water partition coefficient (Wildman–Crippen LogP) is 4.82. The molecule has 1 aliphatic heterocycles. The van der Waals surface area contributed by atoms with E-state index in [1.54, 1.807) is 29.2 Å². The van der Waals surface area contributed by atoms with Gasteiger partial charge in [0, 0.05) is 25.2 Å². The normalized spacial score (nSPS) is 15.3. The van der Waals surface area contributed by atoms with Crippen molar-refractivity contribution in [3.05, 3.63) is 95.6 Å². The Labute approximate surface area is 230 Å². The number of ether oxygens (including phenoxy) is 1. The minimum Gasteiger partial charge on any atom is -0.397 e. The molecule has 3 amide bonds. The van der Waals surface area contributed by atoms with Gasteiger partial charge in [-0.05, 0) is 61.2 Å². The first kappa shape index (κ1) is 28.1. The van der Waals surface area contributed by atoms with Crippen molar-refractivity contribution in [1.29, 1.82) is 0 Å². The van der Waals surface area contributed by atoms with Crippen LogP contribution in [-0.2, 0) is 16.8 Å². The summed E-state index contributed by atoms with van der Waals surface area (Å²) >= 11 is 0. The molecule has 1 saturated heterocycles. The molecule has 0 aliphatic carbocycles. The molecule has 1 atom stereocenters. The zero-order chi connectivity index (χ0) is 27.7. The zero-order valence-corrected chi connectivity index (χ0v) is 22.6. The number of hydrogen-bond donors (Lipinski definition) is 3. The summed E-state index contributed by atoms with van der Waals surface area (Å²) in [5, 5.41) is 2.85. The van der Waals surface area contributed by atoms with Crippen LogP contribution in [0.2, 0.25) is 0 Å². The molecule has 0 saturated carbocycles. The van der Waals surface area contributed by atoms with E-state index in [0.29, 0.717) is 23.5 Å². The average molecular weight is 530 g/mol. The lowest BCUT2D eigenvalue weighted by atomic mass is 9.81. The molecule has 5 N–H and O–H groups in total. The monoisotopic (exact) mass is 529 g/mol. The minimum absolute atomic E-state index is 0.249. The predicted molar refractivity (Wildman–Crippen MR) is 155 cm³/mol. The summed E-state index contributed by atoms with van der Waals surface area (Å²) < 4.78 is 5.49. The van der Waals surface area contributed by atoms with Crippen LogP contribution in [0, 0.1) is 0 Å². The number of nitrogens with one attached hydrogen (secondary N) is 1. The van der Waals surface area contributed by atoms with Gasteiger partial charge in [0.15, 0.2) is 0 Å². The van der Waals surface area contributed by atoms with E-state index in [1.165, 1.54) is 0 Å². The van der Waals surface area contributed by atoms with E-state index >= 15 is 0 Å². The second kappa shape index (κ2) is 13.3. The minimum atomic E-state index is -0.555. The maximum Gasteiger partial charge on any atom is 0.315 e. The number of primary amides is 1. The molecule has 206 valence electrons. The first-order valence-electron chi connectivity index (χ1n) is 13.6. The summed E-state index contributed by atoms with van der Waals surface area (Å²) in [6.45, 7) is 6.78. The lowest BCUT2D eigenvalue weighted by Crippen LogP contribution is -2.51. The third kappa shape index (κ3) is 6.96. The smallest absolute Gasteiger partial charge is 0.315 e. The third-order valence-corrected chi connectivity index (χ3v) is 7.61. The summed E-state index contributed by atoms with van der Waals surface area (Å²) in [5.74, 6) is -0.249. The summed E-state index contributed by atoms with van der Waals surface area (Å²) in [6, 6.07) is 24.1. The molecule has 1 unspecified atom stereocenters. The second-order valence-corrected chi connectivity index (χ2v) is 9.97. The Morgan fingerprint density at radius 1 is 0.974 bits per heavy atom. The lowest BCUT2D eigenvalue weighted by molar-refractivity contribution is 0.0329. The largest absolute Gasteiger partial charge is 0.397 e. The van der Waals surface area contributed by atoms with Crippen LogP contribution >= 0.6 is 0 Å². The summed E-state index contributed by atoms with van der Waals surface area (Å²) in [7, 11) is 0. The van der Waals surface area contributed by atoms with E-state index in [-0.39, 0.29) is 5.91 Å². The number of carbonyl (C=O) groups excluding carboxylic acids is 2. The van der Waals surface area contributed by atoms with Gasteiger partial charge in [0.1, 0.15) is 0 Å². The van der Waals surface area contributed by atoms with Crippen LogP contribution in [0.4, 0.5) is 16.2 Å². The maximum atomic E-state index is 13.0. The highest BCUT2D eigenvalue weighted by atomic mass is 16.5. The zero-order valence-electron chi connectivity index (χ0n) is 22.6. The Kier molecular flexibility index (Phi) is 9.57. The first-order valence-corrected chi connectivity index (χ1v) is 13.6. The van der Waals surface area contributed by atoms with Gasteiger partial charge >= 0.3 is 6.03 Å². The van der Waals surface area contributed by atoms with Crippen LogP contribution < -0.4 is 16.8 Å². The van der Waals surface area contributed by atoms with Crippen molar-refractivity contribution in [2.75, 3.05) is 43.9 Å². The van der Waals surface area contributed by atoms with Gasteiger partial charge in [0.25, 0.3) is 5.91 Å². The van der Waals surface area contributed by atoms with E-state index in [4.69, 9.17) is 16.2 Å². The van der Waals surface area contributed by atoms with E-state index in [2.05, 4.69) is 29.3 Å². The van der Waals surface area contributed by atoms with Gasteiger partial charge in [0.2, 0.25) is 0 Å². The van der Waals surface area contributed by atoms with Gasteiger partial charge in [-0.25, -0.2) is 4.79 Å². The summed E-state index contributed by atoms with van der Waals surface area (Å²) in [4.78, 5) is 30.0. The number of amides is 3. The summed E-state index contributed by atoms with van der Waals surface area (Å²) in [5.41, 5.74) is 15.0. The number of nitrogens with zero attached hydrogens (tertiary/aromatic N) is 2. The number of rotatable bonds is 11. The van der Waals surface area contributed by atoms with Gasteiger partial charge in [-0.1, -0.05) is 61.5 Å². The van der Waals surface area contributed by atoms with E-state index in [0.717, 1.165) is 63.2 Å². The van der Waals surface area contributed by atoms with E-state index in [1.807, 2.05) is 42.5 Å². The van der Waals surface area contributed by atoms with Crippen molar-refractivity contribution in [2.45, 2.75) is 38.3 Å². The van der Waals surface area contributed by atoms with Crippen LogP contribution in [0.5, 0.6) is 0 Å². The molecule has 4 rings (SSSR count). The van der Waals surface area contributed by atoms with Crippen molar-refractivity contribution in [2.24, 2.45) is 5.73 Å². The number of nitrogens with two attached hydrogens (primary N) is 2.